The molecule has 1 N–H and O–H groups in total. The number of nitrogens with zero attached hydrogens (tertiary/aromatic N) is 3. The Bertz CT molecular complexity index is 948. The molecule has 0 aliphatic carbocycles. The van der Waals surface area contributed by atoms with Crippen LogP contribution in [0.1, 0.15) is 12.8 Å². The summed E-state index contributed by atoms with van der Waals surface area (Å²) in [6, 6.07) is 16.2. The first-order valence-electron chi connectivity index (χ1n) is 8.93. The second-order valence-electron chi connectivity index (χ2n) is 6.86. The van der Waals surface area contributed by atoms with Crippen molar-refractivity contribution in [3.05, 3.63) is 54.6 Å². The Labute approximate surface area is 158 Å². The van der Waals surface area contributed by atoms with E-state index in [4.69, 9.17) is 0 Å². The normalized spacial score (nSPS) is 21.2. The molecule has 0 bridgehead atoms. The fourth-order valence-corrected chi connectivity index (χ4v) is 5.63. The van der Waals surface area contributed by atoms with Gasteiger partial charge in [-0.1, -0.05) is 30.3 Å². The maximum atomic E-state index is 13.4. The fraction of sp³-hybridized carbons (Fsp3) is 0.316. The summed E-state index contributed by atoms with van der Waals surface area (Å²) in [6.45, 7) is 1.13. The fourth-order valence-electron chi connectivity index (χ4n) is 3.84. The molecule has 142 valence electrons. The van der Waals surface area contributed by atoms with Crippen LogP contribution >= 0.6 is 0 Å². The molecule has 1 atom stereocenters. The van der Waals surface area contributed by atoms with Gasteiger partial charge in [-0.15, -0.1) is 0 Å². The number of hydrogen-bond acceptors (Lipinski definition) is 3. The van der Waals surface area contributed by atoms with Crippen LogP contribution in [0, 0.1) is 5.92 Å². The van der Waals surface area contributed by atoms with Gasteiger partial charge in [0, 0.05) is 19.6 Å². The van der Waals surface area contributed by atoms with E-state index in [1.54, 1.807) is 24.3 Å². The van der Waals surface area contributed by atoms with Crippen molar-refractivity contribution in [1.82, 2.24) is 4.90 Å². The van der Waals surface area contributed by atoms with Crippen molar-refractivity contribution in [2.24, 2.45) is 5.92 Å². The van der Waals surface area contributed by atoms with Gasteiger partial charge in [0.1, 0.15) is 0 Å². The lowest BCUT2D eigenvalue weighted by Crippen LogP contribution is -2.45. The number of fused-ring (bicyclic) bond motifs is 1. The molecule has 2 heterocycles. The van der Waals surface area contributed by atoms with E-state index >= 15 is 0 Å². The van der Waals surface area contributed by atoms with E-state index in [-0.39, 0.29) is 12.5 Å². The third kappa shape index (κ3) is 3.10. The molecule has 0 radical (unpaired) electrons. The van der Waals surface area contributed by atoms with Crippen molar-refractivity contribution in [1.29, 1.82) is 0 Å². The van der Waals surface area contributed by atoms with Crippen molar-refractivity contribution in [3.8, 4) is 0 Å². The van der Waals surface area contributed by atoms with Gasteiger partial charge in [-0.3, -0.25) is 4.31 Å². The van der Waals surface area contributed by atoms with Gasteiger partial charge in [-0.2, -0.15) is 8.42 Å². The van der Waals surface area contributed by atoms with Crippen molar-refractivity contribution in [2.45, 2.75) is 12.8 Å². The molecule has 1 fully saturated rings. The lowest BCUT2D eigenvalue weighted by molar-refractivity contribution is 0.122. The lowest BCUT2D eigenvalue weighted by atomic mass is 9.98. The lowest BCUT2D eigenvalue weighted by Gasteiger charge is -2.33. The Balaban J connectivity index is 1.68. The molecule has 0 unspecified atom stereocenters. The van der Waals surface area contributed by atoms with Gasteiger partial charge < -0.3 is 10.0 Å². The van der Waals surface area contributed by atoms with Crippen LogP contribution in [0.5, 0.6) is 0 Å². The molecule has 4 rings (SSSR count). The number of amides is 1. The molecule has 1 saturated heterocycles. The molecule has 1 amide bonds. The topological polar surface area (TPSA) is 81.2 Å². The van der Waals surface area contributed by atoms with E-state index in [2.05, 4.69) is 0 Å². The van der Waals surface area contributed by atoms with Gasteiger partial charge in [-0.25, -0.2) is 9.10 Å². The zero-order valence-corrected chi connectivity index (χ0v) is 15.5. The minimum atomic E-state index is -3.78. The molecule has 0 saturated carbocycles. The van der Waals surface area contributed by atoms with E-state index in [0.717, 1.165) is 12.8 Å². The number of carboxylic acid groups (broad SMARTS) is 1. The summed E-state index contributed by atoms with van der Waals surface area (Å²) in [5.74, 6) is -0.0339. The predicted molar refractivity (Wildman–Crippen MR) is 104 cm³/mol. The van der Waals surface area contributed by atoms with Crippen LogP contribution in [0.15, 0.2) is 54.6 Å². The highest BCUT2D eigenvalue weighted by Gasteiger charge is 2.42. The zero-order chi connectivity index (χ0) is 19.0. The zero-order valence-electron chi connectivity index (χ0n) is 14.7. The summed E-state index contributed by atoms with van der Waals surface area (Å²) in [4.78, 5) is 12.7. The van der Waals surface area contributed by atoms with Crippen LogP contribution in [0.2, 0.25) is 0 Å². The number of likely N-dealkylation sites (tertiary alicyclic amines) is 1. The maximum absolute atomic E-state index is 13.4. The van der Waals surface area contributed by atoms with E-state index in [0.29, 0.717) is 30.2 Å². The second kappa shape index (κ2) is 6.77. The maximum Gasteiger partial charge on any atom is 0.407 e. The van der Waals surface area contributed by atoms with E-state index < -0.39 is 16.3 Å². The summed E-state index contributed by atoms with van der Waals surface area (Å²) in [6.07, 6.45) is 0.605. The second-order valence-corrected chi connectivity index (χ2v) is 8.57. The first-order valence-corrected chi connectivity index (χ1v) is 10.3. The predicted octanol–water partition coefficient (Wildman–Crippen LogP) is 3.28. The summed E-state index contributed by atoms with van der Waals surface area (Å²) in [5, 5.41) is 9.25. The van der Waals surface area contributed by atoms with Crippen LogP contribution < -0.4 is 8.61 Å². The first kappa shape index (κ1) is 17.7. The number of carbonyl (C=O) groups is 1. The minimum absolute atomic E-state index is 0.0339. The van der Waals surface area contributed by atoms with E-state index in [1.807, 2.05) is 30.3 Å². The Morgan fingerprint density at radius 3 is 2.41 bits per heavy atom. The van der Waals surface area contributed by atoms with E-state index in [9.17, 15) is 18.3 Å². The number of benzene rings is 2. The van der Waals surface area contributed by atoms with Crippen molar-refractivity contribution in [3.63, 3.8) is 0 Å². The molecule has 2 aromatic rings. The van der Waals surface area contributed by atoms with Gasteiger partial charge in [0.25, 0.3) is 0 Å². The molecule has 7 nitrogen and oxygen atoms in total. The molecule has 8 heteroatoms. The van der Waals surface area contributed by atoms with Gasteiger partial charge in [0.15, 0.2) is 0 Å². The molecule has 27 heavy (non-hydrogen) atoms. The Kier molecular flexibility index (Phi) is 4.43. The quantitative estimate of drug-likeness (QED) is 0.876. The van der Waals surface area contributed by atoms with Gasteiger partial charge in [0.05, 0.1) is 17.1 Å². The van der Waals surface area contributed by atoms with Crippen LogP contribution in [-0.4, -0.2) is 44.2 Å². The monoisotopic (exact) mass is 387 g/mol. The molecular formula is C19H21N3O4S. The average Bonchev–Trinajstić information content (AvgIpc) is 2.89. The summed E-state index contributed by atoms with van der Waals surface area (Å²) < 4.78 is 29.5. The summed E-state index contributed by atoms with van der Waals surface area (Å²) in [5.41, 5.74) is 1.84. The minimum Gasteiger partial charge on any atom is -0.465 e. The average molecular weight is 387 g/mol. The van der Waals surface area contributed by atoms with Gasteiger partial charge in [0.2, 0.25) is 0 Å². The highest BCUT2D eigenvalue weighted by Crippen LogP contribution is 2.45. The van der Waals surface area contributed by atoms with E-state index in [1.165, 1.54) is 13.5 Å². The first-order chi connectivity index (χ1) is 13.0. The highest BCUT2D eigenvalue weighted by atomic mass is 32.2. The Morgan fingerprint density at radius 2 is 1.70 bits per heavy atom. The summed E-state index contributed by atoms with van der Waals surface area (Å²) >= 11 is 0. The Hall–Kier alpha value is -2.74. The molecule has 2 aliphatic heterocycles. The molecular weight excluding hydrogens is 366 g/mol. The number of rotatable bonds is 3. The highest BCUT2D eigenvalue weighted by molar-refractivity contribution is 7.95. The Morgan fingerprint density at radius 1 is 1.04 bits per heavy atom. The van der Waals surface area contributed by atoms with Crippen molar-refractivity contribution >= 4 is 33.4 Å². The molecule has 2 aliphatic rings. The van der Waals surface area contributed by atoms with Crippen LogP contribution in [0.3, 0.4) is 0 Å². The number of anilines is 3. The van der Waals surface area contributed by atoms with Crippen LogP contribution in [-0.2, 0) is 10.2 Å². The van der Waals surface area contributed by atoms with Crippen molar-refractivity contribution < 1.29 is 18.3 Å². The molecule has 0 aromatic heterocycles. The van der Waals surface area contributed by atoms with Gasteiger partial charge in [-0.05, 0) is 43.0 Å². The van der Waals surface area contributed by atoms with Gasteiger partial charge >= 0.3 is 16.3 Å². The van der Waals surface area contributed by atoms with Crippen LogP contribution in [0.25, 0.3) is 0 Å². The number of para-hydroxylation sites is 3. The smallest absolute Gasteiger partial charge is 0.407 e. The van der Waals surface area contributed by atoms with Crippen LogP contribution in [0.4, 0.5) is 21.9 Å². The third-order valence-electron chi connectivity index (χ3n) is 5.08. The largest absolute Gasteiger partial charge is 0.465 e. The molecule has 2 aromatic carbocycles. The SMILES string of the molecule is O=C(O)N1CCC[C@@H](CN2c3ccccc3N(c3ccccc3)S2(=O)=O)C1. The number of hydrogen-bond donors (Lipinski definition) is 1. The third-order valence-corrected chi connectivity index (χ3v) is 6.85. The summed E-state index contributed by atoms with van der Waals surface area (Å²) in [7, 11) is -3.78. The van der Waals surface area contributed by atoms with Crippen molar-refractivity contribution in [2.75, 3.05) is 28.2 Å². The molecule has 0 spiro atoms. The number of piperidine rings is 1. The standard InChI is InChI=1S/C19H21N3O4S/c23-19(24)20-12-6-7-15(13-20)14-21-17-10-4-5-11-18(17)22(27(21,25)26)16-8-2-1-3-9-16/h1-5,8-11,15H,6-7,12-14H2,(H,23,24)/t15-/m1/s1.